The fourth-order valence-electron chi connectivity index (χ4n) is 5.13. The first kappa shape index (κ1) is 32.4. The summed E-state index contributed by atoms with van der Waals surface area (Å²) in [4.78, 5) is 21.5. The van der Waals surface area contributed by atoms with Gasteiger partial charge in [0.1, 0.15) is 23.4 Å². The topological polar surface area (TPSA) is 117 Å². The standard InChI is InChI=1S/C35H34F3N5O3/c1-22(3-11-31(39)40-2)4-12-32(44)42-21-28-18-27-17-26(19-29(33(27)46-28)25-9-10-30(36)41-20-25)23-5-7-24(8-6-23)34(45)43-15-13-35(37,38)14-16-43/h3-12,17-20,34,45H,2,13-16,21,39H2,1H3,(H,42,44)/b12-4+,22-3+,31-11-. The molecular formula is C35H34F3N5O3. The third-order valence-corrected chi connectivity index (χ3v) is 7.76. The summed E-state index contributed by atoms with van der Waals surface area (Å²) >= 11 is 0. The van der Waals surface area contributed by atoms with Crippen molar-refractivity contribution in [2.45, 2.75) is 38.5 Å². The summed E-state index contributed by atoms with van der Waals surface area (Å²) in [5, 5.41) is 14.4. The van der Waals surface area contributed by atoms with E-state index in [9.17, 15) is 23.1 Å². The third-order valence-electron chi connectivity index (χ3n) is 7.76. The second-order valence-electron chi connectivity index (χ2n) is 11.1. The average Bonchev–Trinajstić information content (AvgIpc) is 3.48. The maximum absolute atomic E-state index is 13.7. The molecule has 1 saturated heterocycles. The van der Waals surface area contributed by atoms with Gasteiger partial charge in [-0.2, -0.15) is 4.39 Å². The van der Waals surface area contributed by atoms with Crippen LogP contribution in [0, 0.1) is 5.95 Å². The lowest BCUT2D eigenvalue weighted by Gasteiger charge is -2.35. The van der Waals surface area contributed by atoms with E-state index >= 15 is 0 Å². The maximum Gasteiger partial charge on any atom is 0.250 e. The summed E-state index contributed by atoms with van der Waals surface area (Å²) in [7, 11) is 0. The number of nitrogens with two attached hydrogens (primary N) is 1. The summed E-state index contributed by atoms with van der Waals surface area (Å²) in [5.74, 6) is -2.85. The number of hydrogen-bond acceptors (Lipinski definition) is 7. The molecule has 0 radical (unpaired) electrons. The molecule has 1 amide bonds. The number of aliphatic hydroxyl groups excluding tert-OH is 1. The molecule has 0 saturated carbocycles. The van der Waals surface area contributed by atoms with Crippen molar-refractivity contribution in [3.8, 4) is 22.3 Å². The Balaban J connectivity index is 1.38. The average molecular weight is 630 g/mol. The third kappa shape index (κ3) is 7.98. The second-order valence-corrected chi connectivity index (χ2v) is 11.1. The Morgan fingerprint density at radius 1 is 1.11 bits per heavy atom. The number of aliphatic hydroxyl groups is 1. The van der Waals surface area contributed by atoms with Crippen molar-refractivity contribution < 1.29 is 27.5 Å². The molecule has 8 nitrogen and oxygen atoms in total. The first-order chi connectivity index (χ1) is 22.0. The van der Waals surface area contributed by atoms with Gasteiger partial charge in [-0.1, -0.05) is 42.0 Å². The minimum absolute atomic E-state index is 0.110. The van der Waals surface area contributed by atoms with Crippen LogP contribution in [-0.4, -0.2) is 46.6 Å². The van der Waals surface area contributed by atoms with Gasteiger partial charge in [0.15, 0.2) is 0 Å². The lowest BCUT2D eigenvalue weighted by Crippen LogP contribution is -2.41. The van der Waals surface area contributed by atoms with Gasteiger partial charge in [0.05, 0.1) is 6.54 Å². The van der Waals surface area contributed by atoms with Crippen molar-refractivity contribution in [1.82, 2.24) is 15.2 Å². The highest BCUT2D eigenvalue weighted by Crippen LogP contribution is 2.37. The monoisotopic (exact) mass is 629 g/mol. The lowest BCUT2D eigenvalue weighted by atomic mass is 9.96. The van der Waals surface area contributed by atoms with E-state index in [4.69, 9.17) is 10.2 Å². The number of fused-ring (bicyclic) bond motifs is 1. The molecule has 2 aromatic carbocycles. The molecule has 3 heterocycles. The molecule has 5 rings (SSSR count). The Labute approximate surface area is 264 Å². The van der Waals surface area contributed by atoms with Gasteiger partial charge in [0, 0.05) is 54.7 Å². The quantitative estimate of drug-likeness (QED) is 0.0784. The normalized spacial score (nSPS) is 16.5. The Morgan fingerprint density at radius 3 is 2.50 bits per heavy atom. The summed E-state index contributed by atoms with van der Waals surface area (Å²) in [6, 6.07) is 15.8. The van der Waals surface area contributed by atoms with E-state index in [1.165, 1.54) is 18.3 Å². The molecule has 0 aliphatic carbocycles. The molecule has 238 valence electrons. The van der Waals surface area contributed by atoms with Crippen LogP contribution in [-0.2, 0) is 11.3 Å². The van der Waals surface area contributed by atoms with Gasteiger partial charge in [-0.3, -0.25) is 9.69 Å². The number of alkyl halides is 2. The zero-order chi connectivity index (χ0) is 32.8. The number of benzene rings is 2. The van der Waals surface area contributed by atoms with Crippen LogP contribution in [0.25, 0.3) is 33.2 Å². The zero-order valence-electron chi connectivity index (χ0n) is 25.2. The molecule has 1 atom stereocenters. The number of amides is 1. The van der Waals surface area contributed by atoms with Gasteiger partial charge in [-0.25, -0.2) is 18.8 Å². The number of aromatic nitrogens is 1. The number of carbonyl (C=O) groups excluding carboxylic acids is 1. The molecule has 46 heavy (non-hydrogen) atoms. The van der Waals surface area contributed by atoms with Gasteiger partial charge < -0.3 is 20.6 Å². The number of likely N-dealkylation sites (tertiary alicyclic amines) is 1. The summed E-state index contributed by atoms with van der Waals surface area (Å²) in [5.41, 5.74) is 10.5. The summed E-state index contributed by atoms with van der Waals surface area (Å²) < 4.78 is 47.0. The van der Waals surface area contributed by atoms with Crippen LogP contribution in [0.1, 0.15) is 37.3 Å². The van der Waals surface area contributed by atoms with Crippen LogP contribution >= 0.6 is 0 Å². The number of nitrogens with zero attached hydrogens (tertiary/aromatic N) is 3. The number of hydrogen-bond donors (Lipinski definition) is 3. The van der Waals surface area contributed by atoms with Crippen LogP contribution in [0.5, 0.6) is 0 Å². The molecule has 1 aliphatic heterocycles. The number of halogens is 3. The van der Waals surface area contributed by atoms with E-state index in [1.807, 2.05) is 37.3 Å². The second kappa shape index (κ2) is 14.0. The summed E-state index contributed by atoms with van der Waals surface area (Å²) in [6.45, 7) is 5.50. The Morgan fingerprint density at radius 2 is 1.83 bits per heavy atom. The predicted molar refractivity (Wildman–Crippen MR) is 172 cm³/mol. The van der Waals surface area contributed by atoms with E-state index < -0.39 is 18.1 Å². The van der Waals surface area contributed by atoms with Gasteiger partial charge in [0.2, 0.25) is 11.9 Å². The number of piperidine rings is 1. The first-order valence-electron chi connectivity index (χ1n) is 14.7. The SMILES string of the molecule is C=N\C(N)=C/C=C(C)/C=C/C(=O)NCc1cc2cc(-c3ccc(C(O)N4CCC(F)(F)CC4)cc3)cc(-c3ccc(F)nc3)c2o1. The molecule has 1 unspecified atom stereocenters. The Kier molecular flexibility index (Phi) is 9.84. The highest BCUT2D eigenvalue weighted by molar-refractivity contribution is 5.97. The van der Waals surface area contributed by atoms with Crippen molar-refractivity contribution in [3.05, 3.63) is 114 Å². The zero-order valence-corrected chi connectivity index (χ0v) is 25.2. The van der Waals surface area contributed by atoms with Crippen molar-refractivity contribution in [2.24, 2.45) is 10.7 Å². The van der Waals surface area contributed by atoms with E-state index in [-0.39, 0.29) is 44.2 Å². The van der Waals surface area contributed by atoms with Crippen molar-refractivity contribution in [2.75, 3.05) is 13.1 Å². The molecule has 2 aromatic heterocycles. The van der Waals surface area contributed by atoms with Gasteiger partial charge in [-0.05, 0) is 66.7 Å². The fourth-order valence-corrected chi connectivity index (χ4v) is 5.13. The highest BCUT2D eigenvalue weighted by Gasteiger charge is 2.36. The molecule has 4 aromatic rings. The number of pyridine rings is 1. The molecule has 0 bridgehead atoms. The fraction of sp³-hybridized carbons (Fsp3) is 0.229. The van der Waals surface area contributed by atoms with Crippen LogP contribution in [0.15, 0.2) is 106 Å². The number of allylic oxidation sites excluding steroid dienone is 4. The highest BCUT2D eigenvalue weighted by atomic mass is 19.3. The first-order valence-corrected chi connectivity index (χ1v) is 14.7. The summed E-state index contributed by atoms with van der Waals surface area (Å²) in [6.07, 6.45) is 6.21. The van der Waals surface area contributed by atoms with Gasteiger partial charge in [-0.15, -0.1) is 0 Å². The minimum Gasteiger partial charge on any atom is -0.459 e. The van der Waals surface area contributed by atoms with E-state index in [1.54, 1.807) is 41.3 Å². The molecule has 0 spiro atoms. The van der Waals surface area contributed by atoms with E-state index in [0.29, 0.717) is 28.0 Å². The van der Waals surface area contributed by atoms with Crippen molar-refractivity contribution in [1.29, 1.82) is 0 Å². The minimum atomic E-state index is -2.69. The molecule has 4 N–H and O–H groups in total. The van der Waals surface area contributed by atoms with Gasteiger partial charge >= 0.3 is 0 Å². The van der Waals surface area contributed by atoms with E-state index in [2.05, 4.69) is 22.0 Å². The van der Waals surface area contributed by atoms with Crippen LogP contribution in [0.2, 0.25) is 0 Å². The molecule has 1 fully saturated rings. The maximum atomic E-state index is 13.7. The Bertz CT molecular complexity index is 1800. The smallest absolute Gasteiger partial charge is 0.250 e. The van der Waals surface area contributed by atoms with Crippen LogP contribution < -0.4 is 11.1 Å². The largest absolute Gasteiger partial charge is 0.459 e. The lowest BCUT2D eigenvalue weighted by molar-refractivity contribution is -0.116. The number of aliphatic imine (C=N–C) groups is 1. The Hall–Kier alpha value is -5.00. The predicted octanol–water partition coefficient (Wildman–Crippen LogP) is 6.64. The van der Waals surface area contributed by atoms with Crippen LogP contribution in [0.3, 0.4) is 0 Å². The molecular weight excluding hydrogens is 595 g/mol. The van der Waals surface area contributed by atoms with Crippen molar-refractivity contribution in [3.63, 3.8) is 0 Å². The van der Waals surface area contributed by atoms with Crippen LogP contribution in [0.4, 0.5) is 13.2 Å². The number of nitrogens with one attached hydrogen (secondary N) is 1. The van der Waals surface area contributed by atoms with E-state index in [0.717, 1.165) is 22.1 Å². The van der Waals surface area contributed by atoms with Gasteiger partial charge in [0.25, 0.3) is 5.92 Å². The molecule has 1 aliphatic rings. The number of carbonyl (C=O) groups is 1. The molecule has 11 heteroatoms. The number of rotatable bonds is 10. The number of furan rings is 1. The van der Waals surface area contributed by atoms with Crippen molar-refractivity contribution >= 4 is 23.6 Å².